The smallest absolute Gasteiger partial charge is 0.303 e. The molecule has 5 rings (SSSR count). The average molecular weight is 350 g/mol. The van der Waals surface area contributed by atoms with Gasteiger partial charge in [-0.2, -0.15) is 0 Å². The highest BCUT2D eigenvalue weighted by molar-refractivity contribution is 7.45. The summed E-state index contributed by atoms with van der Waals surface area (Å²) >= 11 is 0. The van der Waals surface area contributed by atoms with Crippen molar-refractivity contribution < 1.29 is 19.2 Å². The Morgan fingerprint density at radius 3 is 1.84 bits per heavy atom. The predicted octanol–water partition coefficient (Wildman–Crippen LogP) is 4.81. The first-order chi connectivity index (χ1) is 11.9. The summed E-state index contributed by atoms with van der Waals surface area (Å²) in [5, 5.41) is 10.8. The van der Waals surface area contributed by atoms with E-state index in [0.29, 0.717) is 0 Å². The second-order valence-electron chi connectivity index (χ2n) is 5.97. The van der Waals surface area contributed by atoms with Gasteiger partial charge in [-0.1, -0.05) is 66.7 Å². The van der Waals surface area contributed by atoms with E-state index in [2.05, 4.69) is 72.8 Å². The Bertz CT molecular complexity index is 1230. The molecule has 0 bridgehead atoms. The van der Waals surface area contributed by atoms with Crippen LogP contribution in [0.4, 0.5) is 0 Å². The lowest BCUT2D eigenvalue weighted by atomic mass is 9.91. The average Bonchev–Trinajstić information content (AvgIpc) is 2.58. The number of fused-ring (bicyclic) bond motifs is 2. The molecule has 0 radical (unpaired) electrons. The Labute approximate surface area is 143 Å². The third-order valence-electron chi connectivity index (χ3n) is 4.37. The van der Waals surface area contributed by atoms with Gasteiger partial charge in [0.2, 0.25) is 0 Å². The standard InChI is InChI=1S/C20H12.H3O4P/c1-2-7-17-15(4-1)12-16-9-8-13-5-3-6-14-10-11-18(17)20(16)19(13)14;1-5(2,3)4/h1-12H;(H3,1,2,3,4). The molecule has 0 spiro atoms. The topological polar surface area (TPSA) is 77.8 Å². The number of hydrogen-bond acceptors (Lipinski definition) is 1. The van der Waals surface area contributed by atoms with Gasteiger partial charge < -0.3 is 14.7 Å². The SMILES string of the molecule is O=P(O)(O)O.c1ccc2c(c1)cc1ccc3cccc4ccc2c1c34. The van der Waals surface area contributed by atoms with E-state index in [4.69, 9.17) is 19.2 Å². The van der Waals surface area contributed by atoms with Crippen LogP contribution in [0.1, 0.15) is 0 Å². The zero-order chi connectivity index (χ0) is 17.6. The van der Waals surface area contributed by atoms with Gasteiger partial charge >= 0.3 is 7.82 Å². The third-order valence-corrected chi connectivity index (χ3v) is 4.37. The molecule has 5 heteroatoms. The van der Waals surface area contributed by atoms with Crippen LogP contribution < -0.4 is 0 Å². The molecule has 0 aliphatic carbocycles. The first-order valence-corrected chi connectivity index (χ1v) is 9.32. The molecule has 0 aromatic heterocycles. The van der Waals surface area contributed by atoms with E-state index in [0.717, 1.165) is 0 Å². The molecule has 25 heavy (non-hydrogen) atoms. The Balaban J connectivity index is 0.000000280. The van der Waals surface area contributed by atoms with Crippen LogP contribution in [0.5, 0.6) is 0 Å². The van der Waals surface area contributed by atoms with E-state index in [1.54, 1.807) is 0 Å². The van der Waals surface area contributed by atoms with Crippen molar-refractivity contribution >= 4 is 50.9 Å². The molecule has 4 nitrogen and oxygen atoms in total. The summed E-state index contributed by atoms with van der Waals surface area (Å²) in [6, 6.07) is 26.5. The molecule has 0 saturated heterocycles. The maximum absolute atomic E-state index is 8.88. The van der Waals surface area contributed by atoms with Crippen molar-refractivity contribution in [3.63, 3.8) is 0 Å². The highest BCUT2D eigenvalue weighted by atomic mass is 31.2. The van der Waals surface area contributed by atoms with Crippen LogP contribution in [0, 0.1) is 0 Å². The molecular weight excluding hydrogens is 335 g/mol. The summed E-state index contributed by atoms with van der Waals surface area (Å²) < 4.78 is 8.88. The summed E-state index contributed by atoms with van der Waals surface area (Å²) in [6.45, 7) is 0. The normalized spacial score (nSPS) is 12.0. The minimum atomic E-state index is -4.64. The number of phosphoric acid groups is 1. The fourth-order valence-electron chi connectivity index (χ4n) is 3.49. The number of rotatable bonds is 0. The molecule has 3 N–H and O–H groups in total. The van der Waals surface area contributed by atoms with Gasteiger partial charge in [0.1, 0.15) is 0 Å². The van der Waals surface area contributed by atoms with Gasteiger partial charge in [-0.25, -0.2) is 4.57 Å². The van der Waals surface area contributed by atoms with Crippen LogP contribution in [0.2, 0.25) is 0 Å². The van der Waals surface area contributed by atoms with Gasteiger partial charge in [0, 0.05) is 0 Å². The lowest BCUT2D eigenvalue weighted by Gasteiger charge is -2.12. The minimum absolute atomic E-state index is 1.32. The molecule has 0 unspecified atom stereocenters. The van der Waals surface area contributed by atoms with E-state index in [-0.39, 0.29) is 0 Å². The lowest BCUT2D eigenvalue weighted by molar-refractivity contribution is 0.275. The first kappa shape index (κ1) is 16.0. The monoisotopic (exact) mass is 350 g/mol. The number of hydrogen-bond donors (Lipinski definition) is 3. The van der Waals surface area contributed by atoms with Gasteiger partial charge in [-0.05, 0) is 49.2 Å². The summed E-state index contributed by atoms with van der Waals surface area (Å²) in [5.41, 5.74) is 0. The molecule has 0 aliphatic heterocycles. The Kier molecular flexibility index (Phi) is 3.71. The van der Waals surface area contributed by atoms with Crippen LogP contribution >= 0.6 is 7.82 Å². The van der Waals surface area contributed by atoms with Crippen LogP contribution in [-0.4, -0.2) is 14.7 Å². The summed E-state index contributed by atoms with van der Waals surface area (Å²) in [7, 11) is -4.64. The molecule has 0 amide bonds. The highest BCUT2D eigenvalue weighted by Gasteiger charge is 2.09. The van der Waals surface area contributed by atoms with Crippen LogP contribution in [0.15, 0.2) is 72.8 Å². The van der Waals surface area contributed by atoms with E-state index in [1.165, 1.54) is 43.1 Å². The van der Waals surface area contributed by atoms with Crippen molar-refractivity contribution in [2.24, 2.45) is 0 Å². The summed E-state index contributed by atoms with van der Waals surface area (Å²) in [5.74, 6) is 0. The van der Waals surface area contributed by atoms with Crippen LogP contribution in [0.3, 0.4) is 0 Å². The van der Waals surface area contributed by atoms with Gasteiger partial charge in [0.05, 0.1) is 0 Å². The molecule has 0 atom stereocenters. The van der Waals surface area contributed by atoms with Gasteiger partial charge in [-0.15, -0.1) is 0 Å². The Hall–Kier alpha value is -2.49. The molecular formula is C20H15O4P. The lowest BCUT2D eigenvalue weighted by Crippen LogP contribution is -1.85. The molecule has 0 heterocycles. The Morgan fingerprint density at radius 2 is 1.12 bits per heavy atom. The van der Waals surface area contributed by atoms with Gasteiger partial charge in [0.25, 0.3) is 0 Å². The predicted molar refractivity (Wildman–Crippen MR) is 102 cm³/mol. The van der Waals surface area contributed by atoms with Crippen molar-refractivity contribution in [3.8, 4) is 0 Å². The van der Waals surface area contributed by atoms with Crippen molar-refractivity contribution in [3.05, 3.63) is 72.8 Å². The first-order valence-electron chi connectivity index (χ1n) is 7.75. The fourth-order valence-corrected chi connectivity index (χ4v) is 3.49. The van der Waals surface area contributed by atoms with Crippen molar-refractivity contribution in [2.75, 3.05) is 0 Å². The summed E-state index contributed by atoms with van der Waals surface area (Å²) in [4.78, 5) is 21.6. The molecule has 5 aromatic carbocycles. The fraction of sp³-hybridized carbons (Fsp3) is 0. The van der Waals surface area contributed by atoms with E-state index < -0.39 is 7.82 Å². The van der Waals surface area contributed by atoms with Crippen molar-refractivity contribution in [2.45, 2.75) is 0 Å². The van der Waals surface area contributed by atoms with E-state index in [9.17, 15) is 0 Å². The van der Waals surface area contributed by atoms with Gasteiger partial charge in [-0.3, -0.25) is 0 Å². The maximum atomic E-state index is 8.88. The second kappa shape index (κ2) is 5.80. The molecule has 5 aromatic rings. The van der Waals surface area contributed by atoms with Crippen molar-refractivity contribution in [1.29, 1.82) is 0 Å². The van der Waals surface area contributed by atoms with E-state index >= 15 is 0 Å². The molecule has 0 aliphatic rings. The van der Waals surface area contributed by atoms with Crippen LogP contribution in [0.25, 0.3) is 43.1 Å². The quantitative estimate of drug-likeness (QED) is 0.213. The highest BCUT2D eigenvalue weighted by Crippen LogP contribution is 2.38. The number of benzene rings is 5. The van der Waals surface area contributed by atoms with Gasteiger partial charge in [0.15, 0.2) is 0 Å². The maximum Gasteiger partial charge on any atom is 0.466 e. The minimum Gasteiger partial charge on any atom is -0.303 e. The van der Waals surface area contributed by atoms with E-state index in [1.807, 2.05) is 0 Å². The molecule has 0 saturated carbocycles. The molecule has 0 fully saturated rings. The molecule has 124 valence electrons. The second-order valence-corrected chi connectivity index (χ2v) is 6.99. The summed E-state index contributed by atoms with van der Waals surface area (Å²) in [6.07, 6.45) is 0. The third kappa shape index (κ3) is 2.97. The Morgan fingerprint density at radius 1 is 0.560 bits per heavy atom. The van der Waals surface area contributed by atoms with Crippen molar-refractivity contribution in [1.82, 2.24) is 0 Å². The zero-order valence-electron chi connectivity index (χ0n) is 13.1. The van der Waals surface area contributed by atoms with Crippen LogP contribution in [-0.2, 0) is 4.57 Å². The zero-order valence-corrected chi connectivity index (χ0v) is 14.0. The largest absolute Gasteiger partial charge is 0.466 e.